The summed E-state index contributed by atoms with van der Waals surface area (Å²) in [5, 5.41) is 18.3. The van der Waals surface area contributed by atoms with Crippen molar-refractivity contribution in [3.05, 3.63) is 42.4 Å². The van der Waals surface area contributed by atoms with E-state index in [1.807, 2.05) is 7.05 Å². The van der Waals surface area contributed by atoms with Gasteiger partial charge < -0.3 is 16.2 Å². The summed E-state index contributed by atoms with van der Waals surface area (Å²) < 4.78 is 1.68. The molecule has 0 fully saturated rings. The van der Waals surface area contributed by atoms with Gasteiger partial charge in [-0.15, -0.1) is 0 Å². The van der Waals surface area contributed by atoms with E-state index in [2.05, 4.69) is 20.4 Å². The number of aliphatic hydroxyl groups excluding tert-OH is 1. The maximum absolute atomic E-state index is 10.2. The van der Waals surface area contributed by atoms with E-state index in [1.165, 1.54) is 6.33 Å². The summed E-state index contributed by atoms with van der Waals surface area (Å²) in [5.41, 5.74) is 7.85. The Bertz CT molecular complexity index is 752. The predicted octanol–water partition coefficient (Wildman–Crippen LogP) is 1.09. The van der Waals surface area contributed by atoms with Crippen LogP contribution in [0.4, 0.5) is 11.5 Å². The van der Waals surface area contributed by atoms with Crippen molar-refractivity contribution < 1.29 is 5.11 Å². The lowest BCUT2D eigenvalue weighted by atomic mass is 10.1. The molecule has 0 aliphatic carbocycles. The number of rotatable bonds is 4. The molecule has 0 aliphatic rings. The molecular formula is C14H16N6O. The molecule has 1 atom stereocenters. The topological polar surface area (TPSA) is 102 Å². The molecule has 0 bridgehead atoms. The van der Waals surface area contributed by atoms with Gasteiger partial charge in [0.2, 0.25) is 0 Å². The van der Waals surface area contributed by atoms with E-state index < -0.39 is 6.10 Å². The molecule has 21 heavy (non-hydrogen) atoms. The average molecular weight is 284 g/mol. The highest BCUT2D eigenvalue weighted by Gasteiger charge is 2.11. The fourth-order valence-electron chi connectivity index (χ4n) is 2.13. The first-order valence-corrected chi connectivity index (χ1v) is 6.55. The Hall–Kier alpha value is -2.67. The van der Waals surface area contributed by atoms with Gasteiger partial charge in [0.15, 0.2) is 5.65 Å². The molecule has 0 radical (unpaired) electrons. The number of benzene rings is 1. The van der Waals surface area contributed by atoms with Crippen LogP contribution < -0.4 is 11.1 Å². The maximum Gasteiger partial charge on any atom is 0.163 e. The van der Waals surface area contributed by atoms with Crippen molar-refractivity contribution in [2.75, 3.05) is 17.6 Å². The molecule has 0 spiro atoms. The number of hydrogen-bond donors (Lipinski definition) is 3. The molecule has 0 amide bonds. The van der Waals surface area contributed by atoms with Crippen LogP contribution in [0.1, 0.15) is 11.7 Å². The predicted molar refractivity (Wildman–Crippen MR) is 80.6 cm³/mol. The quantitative estimate of drug-likeness (QED) is 0.620. The van der Waals surface area contributed by atoms with E-state index in [9.17, 15) is 5.11 Å². The molecule has 0 aliphatic heterocycles. The van der Waals surface area contributed by atoms with Gasteiger partial charge in [-0.3, -0.25) is 4.68 Å². The summed E-state index contributed by atoms with van der Waals surface area (Å²) >= 11 is 0. The van der Waals surface area contributed by atoms with Gasteiger partial charge in [-0.05, 0) is 17.7 Å². The lowest BCUT2D eigenvalue weighted by Gasteiger charge is -2.13. The van der Waals surface area contributed by atoms with Gasteiger partial charge in [0.25, 0.3) is 0 Å². The van der Waals surface area contributed by atoms with Gasteiger partial charge in [0.1, 0.15) is 12.1 Å². The number of hydrogen-bond acceptors (Lipinski definition) is 6. The highest BCUT2D eigenvalue weighted by molar-refractivity contribution is 5.85. The molecule has 3 rings (SSSR count). The van der Waals surface area contributed by atoms with Crippen LogP contribution in [0.5, 0.6) is 0 Å². The molecule has 0 saturated heterocycles. The van der Waals surface area contributed by atoms with Crippen LogP contribution in [0.15, 0.2) is 36.8 Å². The molecule has 1 aromatic carbocycles. The van der Waals surface area contributed by atoms with Crippen molar-refractivity contribution in [3.8, 4) is 0 Å². The Morgan fingerprint density at radius 2 is 2.05 bits per heavy atom. The van der Waals surface area contributed by atoms with E-state index in [1.54, 1.807) is 35.1 Å². The van der Waals surface area contributed by atoms with Crippen molar-refractivity contribution >= 4 is 22.5 Å². The lowest BCUT2D eigenvalue weighted by Crippen LogP contribution is -2.13. The molecule has 2 heterocycles. The van der Waals surface area contributed by atoms with Crippen molar-refractivity contribution in [2.45, 2.75) is 6.10 Å². The van der Waals surface area contributed by atoms with Crippen LogP contribution in [-0.2, 0) is 7.05 Å². The first-order valence-electron chi connectivity index (χ1n) is 6.55. The Labute approximate surface area is 121 Å². The molecule has 0 saturated carbocycles. The van der Waals surface area contributed by atoms with Gasteiger partial charge in [0, 0.05) is 19.3 Å². The zero-order chi connectivity index (χ0) is 14.8. The Morgan fingerprint density at radius 1 is 1.29 bits per heavy atom. The van der Waals surface area contributed by atoms with E-state index in [-0.39, 0.29) is 0 Å². The fourth-order valence-corrected chi connectivity index (χ4v) is 2.13. The smallest absolute Gasteiger partial charge is 0.163 e. The van der Waals surface area contributed by atoms with Gasteiger partial charge in [-0.1, -0.05) is 12.1 Å². The number of nitrogens with zero attached hydrogens (tertiary/aromatic N) is 4. The molecule has 1 unspecified atom stereocenters. The van der Waals surface area contributed by atoms with E-state index >= 15 is 0 Å². The van der Waals surface area contributed by atoms with Crippen LogP contribution in [0.3, 0.4) is 0 Å². The fraction of sp³-hybridized carbons (Fsp3) is 0.214. The number of aromatic nitrogens is 4. The molecular weight excluding hydrogens is 268 g/mol. The van der Waals surface area contributed by atoms with E-state index in [0.29, 0.717) is 18.1 Å². The third-order valence-electron chi connectivity index (χ3n) is 3.31. The minimum atomic E-state index is -0.646. The summed E-state index contributed by atoms with van der Waals surface area (Å²) in [5.74, 6) is 0.655. The van der Waals surface area contributed by atoms with Crippen LogP contribution in [0.2, 0.25) is 0 Å². The van der Waals surface area contributed by atoms with E-state index in [0.717, 1.165) is 16.6 Å². The number of nitrogen functional groups attached to an aromatic ring is 1. The van der Waals surface area contributed by atoms with Gasteiger partial charge >= 0.3 is 0 Å². The first-order chi connectivity index (χ1) is 10.1. The number of aryl methyl sites for hydroxylation is 1. The monoisotopic (exact) mass is 284 g/mol. The SMILES string of the molecule is Cn1ncc2c(NCC(O)c3ccc(N)cc3)ncnc21. The molecule has 108 valence electrons. The standard InChI is InChI=1S/C14H16N6O/c1-20-14-11(6-19-20)13(17-8-18-14)16-7-12(21)9-2-4-10(15)5-3-9/h2-6,8,12,21H,7,15H2,1H3,(H,16,17,18). The second kappa shape index (κ2) is 5.37. The Morgan fingerprint density at radius 3 is 2.81 bits per heavy atom. The second-order valence-electron chi connectivity index (χ2n) is 4.79. The summed E-state index contributed by atoms with van der Waals surface area (Å²) in [6.45, 7) is 0.338. The van der Waals surface area contributed by atoms with Crippen molar-refractivity contribution in [1.82, 2.24) is 19.7 Å². The molecule has 2 aromatic heterocycles. The largest absolute Gasteiger partial charge is 0.399 e. The zero-order valence-electron chi connectivity index (χ0n) is 11.6. The minimum Gasteiger partial charge on any atom is -0.399 e. The molecule has 7 heteroatoms. The number of aliphatic hydroxyl groups is 1. The summed E-state index contributed by atoms with van der Waals surface area (Å²) in [4.78, 5) is 8.36. The number of anilines is 2. The first kappa shape index (κ1) is 13.3. The highest BCUT2D eigenvalue weighted by Crippen LogP contribution is 2.20. The second-order valence-corrected chi connectivity index (χ2v) is 4.79. The summed E-state index contributed by atoms with van der Waals surface area (Å²) in [6.07, 6.45) is 2.53. The molecule has 4 N–H and O–H groups in total. The Kier molecular flexibility index (Phi) is 3.41. The van der Waals surface area contributed by atoms with Crippen LogP contribution >= 0.6 is 0 Å². The number of nitrogens with two attached hydrogens (primary N) is 1. The Balaban J connectivity index is 1.75. The van der Waals surface area contributed by atoms with Gasteiger partial charge in [0.05, 0.1) is 17.7 Å². The van der Waals surface area contributed by atoms with Crippen molar-refractivity contribution in [2.24, 2.45) is 7.05 Å². The summed E-state index contributed by atoms with van der Waals surface area (Å²) in [7, 11) is 1.82. The minimum absolute atomic E-state index is 0.338. The molecule has 3 aromatic rings. The van der Waals surface area contributed by atoms with Gasteiger partial charge in [-0.2, -0.15) is 5.10 Å². The van der Waals surface area contributed by atoms with Crippen LogP contribution in [-0.4, -0.2) is 31.4 Å². The normalized spacial score (nSPS) is 12.5. The van der Waals surface area contributed by atoms with E-state index in [4.69, 9.17) is 5.73 Å². The third-order valence-corrected chi connectivity index (χ3v) is 3.31. The van der Waals surface area contributed by atoms with Crippen molar-refractivity contribution in [3.63, 3.8) is 0 Å². The highest BCUT2D eigenvalue weighted by atomic mass is 16.3. The maximum atomic E-state index is 10.2. The van der Waals surface area contributed by atoms with Crippen LogP contribution in [0, 0.1) is 0 Å². The van der Waals surface area contributed by atoms with Crippen LogP contribution in [0.25, 0.3) is 11.0 Å². The third kappa shape index (κ3) is 2.63. The van der Waals surface area contributed by atoms with Gasteiger partial charge in [-0.25, -0.2) is 9.97 Å². The lowest BCUT2D eigenvalue weighted by molar-refractivity contribution is 0.191. The van der Waals surface area contributed by atoms with Crippen molar-refractivity contribution in [1.29, 1.82) is 0 Å². The summed E-state index contributed by atoms with van der Waals surface area (Å²) in [6, 6.07) is 7.15. The zero-order valence-corrected chi connectivity index (χ0v) is 11.6. The molecule has 7 nitrogen and oxygen atoms in total. The average Bonchev–Trinajstić information content (AvgIpc) is 2.88. The number of nitrogens with one attached hydrogen (secondary N) is 1. The number of fused-ring (bicyclic) bond motifs is 1.